The van der Waals surface area contributed by atoms with Crippen molar-refractivity contribution >= 4 is 5.97 Å². The number of rotatable bonds is 7. The van der Waals surface area contributed by atoms with Gasteiger partial charge in [-0.1, -0.05) is 45.4 Å². The molecule has 2 aliphatic rings. The minimum Gasteiger partial charge on any atom is -0.477 e. The number of benzene rings is 1. The molecule has 0 amide bonds. The second-order valence-corrected chi connectivity index (χ2v) is 9.13. The molecule has 3 rings (SSSR count). The van der Waals surface area contributed by atoms with E-state index in [4.69, 9.17) is 5.11 Å². The second-order valence-electron chi connectivity index (χ2n) is 9.13. The summed E-state index contributed by atoms with van der Waals surface area (Å²) in [5.74, 6) is -0.105. The first-order valence-electron chi connectivity index (χ1n) is 11.2. The molecule has 1 aromatic carbocycles. The monoisotopic (exact) mass is 392 g/mol. The van der Waals surface area contributed by atoms with Gasteiger partial charge in [0, 0.05) is 0 Å². The highest BCUT2D eigenvalue weighted by Crippen LogP contribution is 2.43. The Morgan fingerprint density at radius 3 is 1.79 bits per heavy atom. The van der Waals surface area contributed by atoms with Crippen LogP contribution in [-0.4, -0.2) is 11.1 Å². The number of hydrogen-bond acceptors (Lipinski definition) is 1. The van der Waals surface area contributed by atoms with Gasteiger partial charge in [0.15, 0.2) is 0 Å². The molecule has 0 aliphatic heterocycles. The summed E-state index contributed by atoms with van der Waals surface area (Å²) < 4.78 is 27.7. The van der Waals surface area contributed by atoms with E-state index in [1.165, 1.54) is 76.3 Å². The number of aromatic carboxylic acids is 1. The van der Waals surface area contributed by atoms with Gasteiger partial charge in [-0.05, 0) is 79.9 Å². The van der Waals surface area contributed by atoms with Gasteiger partial charge in [-0.15, -0.1) is 0 Å². The van der Waals surface area contributed by atoms with Crippen LogP contribution in [0.1, 0.15) is 93.5 Å². The number of carbonyl (C=O) groups is 1. The van der Waals surface area contributed by atoms with Crippen LogP contribution in [0.2, 0.25) is 0 Å². The fourth-order valence-corrected chi connectivity index (χ4v) is 5.65. The summed E-state index contributed by atoms with van der Waals surface area (Å²) in [6, 6.07) is 2.37. The lowest BCUT2D eigenvalue weighted by atomic mass is 9.68. The lowest BCUT2D eigenvalue weighted by Gasteiger charge is -2.38. The molecular weight excluding hydrogens is 358 g/mol. The molecule has 0 unspecified atom stereocenters. The first kappa shape index (κ1) is 21.3. The zero-order chi connectivity index (χ0) is 20.1. The van der Waals surface area contributed by atoms with Gasteiger partial charge in [0.1, 0.15) is 17.2 Å². The van der Waals surface area contributed by atoms with E-state index >= 15 is 0 Å². The normalized spacial score (nSPS) is 28.2. The first-order chi connectivity index (χ1) is 13.5. The minimum atomic E-state index is -1.55. The summed E-state index contributed by atoms with van der Waals surface area (Å²) in [5, 5.41) is 8.86. The maximum Gasteiger partial charge on any atom is 0.341 e. The average molecular weight is 393 g/mol. The Labute approximate surface area is 167 Å². The Bertz CT molecular complexity index is 634. The standard InChI is InChI=1S/C24H34F2O2/c1-2-3-16-6-10-19(11-7-16)20-12-8-17(9-13-20)4-5-18-14-21(25)23(24(27)28)22(26)15-18/h14-17,19-20H,2-13H2,1H3,(H,27,28)/t16-,17-,19-,20-. The highest BCUT2D eigenvalue weighted by molar-refractivity contribution is 5.88. The second kappa shape index (κ2) is 9.84. The molecule has 0 atom stereocenters. The van der Waals surface area contributed by atoms with Crippen molar-refractivity contribution < 1.29 is 18.7 Å². The van der Waals surface area contributed by atoms with E-state index in [-0.39, 0.29) is 0 Å². The molecule has 0 radical (unpaired) electrons. The summed E-state index contributed by atoms with van der Waals surface area (Å²) in [5.41, 5.74) is -0.283. The summed E-state index contributed by atoms with van der Waals surface area (Å²) in [4.78, 5) is 10.9. The molecule has 0 bridgehead atoms. The van der Waals surface area contributed by atoms with Gasteiger partial charge in [0.2, 0.25) is 0 Å². The third kappa shape index (κ3) is 5.33. The Balaban J connectivity index is 1.43. The van der Waals surface area contributed by atoms with Crippen LogP contribution >= 0.6 is 0 Å². The van der Waals surface area contributed by atoms with E-state index < -0.39 is 23.2 Å². The molecule has 28 heavy (non-hydrogen) atoms. The Hall–Kier alpha value is -1.45. The molecule has 156 valence electrons. The van der Waals surface area contributed by atoms with Gasteiger partial charge in [-0.25, -0.2) is 13.6 Å². The van der Waals surface area contributed by atoms with E-state index in [9.17, 15) is 13.6 Å². The van der Waals surface area contributed by atoms with Gasteiger partial charge >= 0.3 is 5.97 Å². The van der Waals surface area contributed by atoms with Gasteiger partial charge in [-0.3, -0.25) is 0 Å². The molecule has 2 aliphatic carbocycles. The van der Waals surface area contributed by atoms with E-state index in [0.29, 0.717) is 17.9 Å². The van der Waals surface area contributed by atoms with E-state index in [0.717, 1.165) is 24.2 Å². The molecule has 0 heterocycles. The van der Waals surface area contributed by atoms with Crippen molar-refractivity contribution in [2.75, 3.05) is 0 Å². The molecule has 4 heteroatoms. The molecule has 2 fully saturated rings. The molecule has 0 spiro atoms. The van der Waals surface area contributed by atoms with Crippen molar-refractivity contribution in [2.45, 2.75) is 84.0 Å². The number of aryl methyl sites for hydroxylation is 1. The van der Waals surface area contributed by atoms with Gasteiger partial charge in [-0.2, -0.15) is 0 Å². The van der Waals surface area contributed by atoms with Crippen LogP contribution in [0, 0.1) is 35.3 Å². The van der Waals surface area contributed by atoms with Crippen LogP contribution in [0.3, 0.4) is 0 Å². The average Bonchev–Trinajstić information content (AvgIpc) is 2.67. The van der Waals surface area contributed by atoms with Crippen LogP contribution in [-0.2, 0) is 6.42 Å². The van der Waals surface area contributed by atoms with Crippen molar-refractivity contribution in [3.63, 3.8) is 0 Å². The first-order valence-corrected chi connectivity index (χ1v) is 11.2. The fraction of sp³-hybridized carbons (Fsp3) is 0.708. The van der Waals surface area contributed by atoms with Gasteiger partial charge < -0.3 is 5.11 Å². The topological polar surface area (TPSA) is 37.3 Å². The highest BCUT2D eigenvalue weighted by Gasteiger charge is 2.30. The minimum absolute atomic E-state index is 0.566. The Morgan fingerprint density at radius 1 is 0.893 bits per heavy atom. The molecule has 1 aromatic rings. The molecule has 2 saturated carbocycles. The summed E-state index contributed by atoms with van der Waals surface area (Å²) in [6.45, 7) is 2.29. The van der Waals surface area contributed by atoms with Crippen LogP contribution < -0.4 is 0 Å². The van der Waals surface area contributed by atoms with Crippen LogP contribution in [0.4, 0.5) is 8.78 Å². The molecule has 0 saturated heterocycles. The third-order valence-corrected chi connectivity index (χ3v) is 7.30. The lowest BCUT2D eigenvalue weighted by molar-refractivity contribution is 0.0686. The SMILES string of the molecule is CCC[C@H]1CC[C@H]([C@H]2CC[C@H](CCc3cc(F)c(C(=O)O)c(F)c3)CC2)CC1. The number of halogens is 2. The Morgan fingerprint density at radius 2 is 1.36 bits per heavy atom. The third-order valence-electron chi connectivity index (χ3n) is 7.30. The van der Waals surface area contributed by atoms with Gasteiger partial charge in [0.05, 0.1) is 0 Å². The molecular formula is C24H34F2O2. The smallest absolute Gasteiger partial charge is 0.341 e. The van der Waals surface area contributed by atoms with E-state index in [1.807, 2.05) is 0 Å². The number of carboxylic acid groups (broad SMARTS) is 1. The van der Waals surface area contributed by atoms with Gasteiger partial charge in [0.25, 0.3) is 0 Å². The highest BCUT2D eigenvalue weighted by atomic mass is 19.1. The number of carboxylic acids is 1. The summed E-state index contributed by atoms with van der Waals surface area (Å²) in [7, 11) is 0. The maximum atomic E-state index is 13.8. The molecule has 1 N–H and O–H groups in total. The molecule has 0 aromatic heterocycles. The predicted octanol–water partition coefficient (Wildman–Crippen LogP) is 7.01. The van der Waals surface area contributed by atoms with E-state index in [1.54, 1.807) is 0 Å². The predicted molar refractivity (Wildman–Crippen MR) is 107 cm³/mol. The van der Waals surface area contributed by atoms with Crippen LogP contribution in [0.5, 0.6) is 0 Å². The molecule has 2 nitrogen and oxygen atoms in total. The van der Waals surface area contributed by atoms with Crippen molar-refractivity contribution in [3.05, 3.63) is 34.9 Å². The summed E-state index contributed by atoms with van der Waals surface area (Å²) >= 11 is 0. The fourth-order valence-electron chi connectivity index (χ4n) is 5.65. The lowest BCUT2D eigenvalue weighted by Crippen LogP contribution is -2.26. The van der Waals surface area contributed by atoms with Crippen molar-refractivity contribution in [1.29, 1.82) is 0 Å². The quantitative estimate of drug-likeness (QED) is 0.542. The largest absolute Gasteiger partial charge is 0.477 e. The van der Waals surface area contributed by atoms with Crippen LogP contribution in [0.15, 0.2) is 12.1 Å². The summed E-state index contributed by atoms with van der Waals surface area (Å²) in [6.07, 6.45) is 15.0. The van der Waals surface area contributed by atoms with E-state index in [2.05, 4.69) is 6.92 Å². The maximum absolute atomic E-state index is 13.8. The zero-order valence-electron chi connectivity index (χ0n) is 17.1. The number of hydrogen-bond donors (Lipinski definition) is 1. The zero-order valence-corrected chi connectivity index (χ0v) is 17.1. The van der Waals surface area contributed by atoms with Crippen molar-refractivity contribution in [3.8, 4) is 0 Å². The Kier molecular flexibility index (Phi) is 7.48. The van der Waals surface area contributed by atoms with Crippen LogP contribution in [0.25, 0.3) is 0 Å². The van der Waals surface area contributed by atoms with Crippen molar-refractivity contribution in [1.82, 2.24) is 0 Å². The van der Waals surface area contributed by atoms with Crippen molar-refractivity contribution in [2.24, 2.45) is 23.7 Å².